The molecule has 0 aromatic carbocycles. The molecule has 122 valence electrons. The molecule has 1 aromatic heterocycles. The van der Waals surface area contributed by atoms with E-state index < -0.39 is 0 Å². The lowest BCUT2D eigenvalue weighted by Gasteiger charge is -2.45. The van der Waals surface area contributed by atoms with E-state index in [0.717, 1.165) is 56.0 Å². The maximum Gasteiger partial charge on any atom is 0.222 e. The number of carbonyl (C=O) groups excluding carboxylic acids is 1. The summed E-state index contributed by atoms with van der Waals surface area (Å²) in [5.41, 5.74) is 1.96. The van der Waals surface area contributed by atoms with Crippen molar-refractivity contribution in [2.45, 2.75) is 51.7 Å². The molecule has 0 atom stereocenters. The van der Waals surface area contributed by atoms with Gasteiger partial charge in [0.2, 0.25) is 5.91 Å². The van der Waals surface area contributed by atoms with Gasteiger partial charge in [-0.15, -0.1) is 0 Å². The number of carbonyl (C=O) groups is 1. The van der Waals surface area contributed by atoms with E-state index in [1.807, 2.05) is 18.7 Å². The molecule has 2 aliphatic rings. The number of aliphatic hydroxyl groups is 1. The van der Waals surface area contributed by atoms with Crippen molar-refractivity contribution in [3.63, 3.8) is 0 Å². The smallest absolute Gasteiger partial charge is 0.222 e. The molecule has 1 N–H and O–H groups in total. The predicted molar refractivity (Wildman–Crippen MR) is 81.5 cm³/mol. The van der Waals surface area contributed by atoms with E-state index in [-0.39, 0.29) is 12.0 Å². The van der Waals surface area contributed by atoms with Crippen LogP contribution in [0.25, 0.3) is 0 Å². The Morgan fingerprint density at radius 2 is 2.00 bits per heavy atom. The topological polar surface area (TPSA) is 69.8 Å². The lowest BCUT2D eigenvalue weighted by atomic mass is 9.98. The second-order valence-corrected chi connectivity index (χ2v) is 6.52. The van der Waals surface area contributed by atoms with Crippen molar-refractivity contribution in [2.24, 2.45) is 0 Å². The fourth-order valence-electron chi connectivity index (χ4n) is 3.52. The van der Waals surface area contributed by atoms with Gasteiger partial charge in [-0.2, -0.15) is 0 Å². The predicted octanol–water partition coefficient (Wildman–Crippen LogP) is 0.892. The molecule has 2 fully saturated rings. The van der Waals surface area contributed by atoms with Gasteiger partial charge in [-0.05, 0) is 33.1 Å². The minimum Gasteiger partial charge on any atom is -0.390 e. The van der Waals surface area contributed by atoms with Crippen molar-refractivity contribution >= 4 is 5.91 Å². The number of likely N-dealkylation sites (tertiary alicyclic amines) is 2. The monoisotopic (exact) mass is 307 g/mol. The standard InChI is InChI=1S/C16H25N3O3/c1-11-15(12(2)22-17-11)3-4-16(21)18-7-5-13(6-8-18)19-9-14(20)10-19/h13-14,20H,3-10H2,1-2H3. The highest BCUT2D eigenvalue weighted by Crippen LogP contribution is 2.22. The first-order valence-corrected chi connectivity index (χ1v) is 8.16. The zero-order valence-electron chi connectivity index (χ0n) is 13.4. The zero-order chi connectivity index (χ0) is 15.7. The number of aromatic nitrogens is 1. The van der Waals surface area contributed by atoms with Crippen LogP contribution in [0, 0.1) is 13.8 Å². The number of amides is 1. The average molecular weight is 307 g/mol. The lowest BCUT2D eigenvalue weighted by Crippen LogP contribution is -2.58. The highest BCUT2D eigenvalue weighted by Gasteiger charge is 2.33. The van der Waals surface area contributed by atoms with Gasteiger partial charge in [-0.3, -0.25) is 9.69 Å². The van der Waals surface area contributed by atoms with Crippen LogP contribution in [0.4, 0.5) is 0 Å². The molecular formula is C16H25N3O3. The quantitative estimate of drug-likeness (QED) is 0.894. The molecule has 0 bridgehead atoms. The molecule has 2 saturated heterocycles. The number of hydrogen-bond donors (Lipinski definition) is 1. The number of aryl methyl sites for hydroxylation is 2. The first-order chi connectivity index (χ1) is 10.5. The second kappa shape index (κ2) is 6.38. The normalized spacial score (nSPS) is 21.1. The van der Waals surface area contributed by atoms with Gasteiger partial charge in [-0.25, -0.2) is 0 Å². The van der Waals surface area contributed by atoms with Crippen LogP contribution in [0.3, 0.4) is 0 Å². The summed E-state index contributed by atoms with van der Waals surface area (Å²) in [6, 6.07) is 0.537. The summed E-state index contributed by atoms with van der Waals surface area (Å²) in [6.07, 6.45) is 3.12. The Morgan fingerprint density at radius 3 is 2.55 bits per heavy atom. The van der Waals surface area contributed by atoms with Crippen LogP contribution >= 0.6 is 0 Å². The Kier molecular flexibility index (Phi) is 4.49. The van der Waals surface area contributed by atoms with Crippen LogP contribution in [-0.4, -0.2) is 64.3 Å². The largest absolute Gasteiger partial charge is 0.390 e. The van der Waals surface area contributed by atoms with Gasteiger partial charge in [0, 0.05) is 44.2 Å². The van der Waals surface area contributed by atoms with E-state index >= 15 is 0 Å². The molecule has 0 aliphatic carbocycles. The Labute approximate surface area is 131 Å². The Morgan fingerprint density at radius 1 is 1.32 bits per heavy atom. The zero-order valence-corrected chi connectivity index (χ0v) is 13.4. The third-order valence-corrected chi connectivity index (χ3v) is 4.99. The lowest BCUT2D eigenvalue weighted by molar-refractivity contribution is -0.133. The third-order valence-electron chi connectivity index (χ3n) is 4.99. The molecule has 0 spiro atoms. The van der Waals surface area contributed by atoms with Gasteiger partial charge in [0.1, 0.15) is 5.76 Å². The van der Waals surface area contributed by atoms with E-state index in [2.05, 4.69) is 10.1 Å². The van der Waals surface area contributed by atoms with E-state index in [0.29, 0.717) is 18.9 Å². The minimum absolute atomic E-state index is 0.144. The fourth-order valence-corrected chi connectivity index (χ4v) is 3.52. The van der Waals surface area contributed by atoms with E-state index in [4.69, 9.17) is 4.52 Å². The van der Waals surface area contributed by atoms with Gasteiger partial charge in [0.25, 0.3) is 0 Å². The summed E-state index contributed by atoms with van der Waals surface area (Å²) in [6.45, 7) is 7.07. The Balaban J connectivity index is 1.44. The van der Waals surface area contributed by atoms with Crippen molar-refractivity contribution in [1.82, 2.24) is 15.0 Å². The Hall–Kier alpha value is -1.40. The van der Waals surface area contributed by atoms with E-state index in [9.17, 15) is 9.90 Å². The second-order valence-electron chi connectivity index (χ2n) is 6.52. The molecule has 3 rings (SSSR count). The van der Waals surface area contributed by atoms with Crippen LogP contribution in [0.2, 0.25) is 0 Å². The highest BCUT2D eigenvalue weighted by atomic mass is 16.5. The van der Waals surface area contributed by atoms with Gasteiger partial charge >= 0.3 is 0 Å². The molecular weight excluding hydrogens is 282 g/mol. The minimum atomic E-state index is -0.144. The molecule has 0 saturated carbocycles. The number of rotatable bonds is 4. The van der Waals surface area contributed by atoms with Gasteiger partial charge in [0.05, 0.1) is 11.8 Å². The van der Waals surface area contributed by atoms with Crippen molar-refractivity contribution in [1.29, 1.82) is 0 Å². The number of aliphatic hydroxyl groups excluding tert-OH is 1. The molecule has 0 unspecified atom stereocenters. The van der Waals surface area contributed by atoms with Gasteiger partial charge in [-0.1, -0.05) is 5.16 Å². The Bertz CT molecular complexity index is 509. The SMILES string of the molecule is Cc1noc(C)c1CCC(=O)N1CCC(N2CC(O)C2)CC1. The molecule has 3 heterocycles. The molecule has 0 radical (unpaired) electrons. The van der Waals surface area contributed by atoms with Crippen molar-refractivity contribution < 1.29 is 14.4 Å². The van der Waals surface area contributed by atoms with E-state index in [1.54, 1.807) is 0 Å². The summed E-state index contributed by atoms with van der Waals surface area (Å²) in [5.74, 6) is 1.04. The van der Waals surface area contributed by atoms with Crippen LogP contribution in [0.1, 0.15) is 36.3 Å². The van der Waals surface area contributed by atoms with Crippen LogP contribution in [-0.2, 0) is 11.2 Å². The fraction of sp³-hybridized carbons (Fsp3) is 0.750. The summed E-state index contributed by atoms with van der Waals surface area (Å²) in [4.78, 5) is 16.7. The van der Waals surface area contributed by atoms with Crippen LogP contribution < -0.4 is 0 Å². The maximum absolute atomic E-state index is 12.3. The van der Waals surface area contributed by atoms with Crippen LogP contribution in [0.5, 0.6) is 0 Å². The van der Waals surface area contributed by atoms with Crippen LogP contribution in [0.15, 0.2) is 4.52 Å². The molecule has 1 amide bonds. The molecule has 6 nitrogen and oxygen atoms in total. The van der Waals surface area contributed by atoms with Crippen molar-refractivity contribution in [2.75, 3.05) is 26.2 Å². The average Bonchev–Trinajstić information content (AvgIpc) is 2.81. The first kappa shape index (κ1) is 15.5. The number of nitrogens with zero attached hydrogens (tertiary/aromatic N) is 3. The first-order valence-electron chi connectivity index (χ1n) is 8.16. The molecule has 1 aromatic rings. The molecule has 6 heteroatoms. The summed E-state index contributed by atoms with van der Waals surface area (Å²) >= 11 is 0. The highest BCUT2D eigenvalue weighted by molar-refractivity contribution is 5.76. The summed E-state index contributed by atoms with van der Waals surface area (Å²) in [7, 11) is 0. The number of hydrogen-bond acceptors (Lipinski definition) is 5. The third kappa shape index (κ3) is 3.17. The number of piperidine rings is 1. The maximum atomic E-state index is 12.3. The van der Waals surface area contributed by atoms with Crippen molar-refractivity contribution in [3.05, 3.63) is 17.0 Å². The molecule has 2 aliphatic heterocycles. The van der Waals surface area contributed by atoms with Gasteiger partial charge in [0.15, 0.2) is 0 Å². The summed E-state index contributed by atoms with van der Waals surface area (Å²) in [5, 5.41) is 13.3. The summed E-state index contributed by atoms with van der Waals surface area (Å²) < 4.78 is 5.14. The van der Waals surface area contributed by atoms with Gasteiger partial charge < -0.3 is 14.5 Å². The van der Waals surface area contributed by atoms with E-state index in [1.165, 1.54) is 0 Å². The number of β-amino-alcohol motifs (C(OH)–C–C–N with tert-alkyl or cyclic N) is 1. The molecule has 22 heavy (non-hydrogen) atoms. The van der Waals surface area contributed by atoms with Crippen molar-refractivity contribution in [3.8, 4) is 0 Å².